The van der Waals surface area contributed by atoms with E-state index in [2.05, 4.69) is 18.8 Å². The molecule has 0 amide bonds. The monoisotopic (exact) mass is 448 g/mol. The number of esters is 1. The van der Waals surface area contributed by atoms with Gasteiger partial charge in [0.15, 0.2) is 5.92 Å². The summed E-state index contributed by atoms with van der Waals surface area (Å²) >= 11 is 0. The first-order chi connectivity index (χ1) is 15.1. The van der Waals surface area contributed by atoms with Gasteiger partial charge in [0.2, 0.25) is 0 Å². The fraction of sp³-hybridized carbons (Fsp3) is 0.920. The summed E-state index contributed by atoms with van der Waals surface area (Å²) in [7, 11) is 0. The van der Waals surface area contributed by atoms with Gasteiger partial charge in [0.25, 0.3) is 0 Å². The van der Waals surface area contributed by atoms with Gasteiger partial charge in [-0.05, 0) is 79.4 Å². The Kier molecular flexibility index (Phi) is 3.60. The zero-order valence-corrected chi connectivity index (χ0v) is 18.8. The molecule has 0 aromatic carbocycles. The van der Waals surface area contributed by atoms with Gasteiger partial charge < -0.3 is 14.9 Å². The normalized spacial score (nSPS) is 63.4. The minimum atomic E-state index is -1.16. The predicted molar refractivity (Wildman–Crippen MR) is 108 cm³/mol. The number of rotatable bonds is 1. The smallest absolute Gasteiger partial charge is 0.363 e. The van der Waals surface area contributed by atoms with Crippen LogP contribution in [0.3, 0.4) is 0 Å². The van der Waals surface area contributed by atoms with Crippen molar-refractivity contribution in [3.63, 3.8) is 0 Å². The average molecular weight is 449 g/mol. The number of aliphatic hydroxyl groups is 2. The molecule has 1 spiro atoms. The molecular weight excluding hydrogens is 415 g/mol. The van der Waals surface area contributed by atoms with Crippen LogP contribution in [0, 0.1) is 58.2 Å². The van der Waals surface area contributed by atoms with Crippen LogP contribution in [0.15, 0.2) is 0 Å². The molecule has 7 fully saturated rings. The van der Waals surface area contributed by atoms with Crippen molar-refractivity contribution in [2.75, 3.05) is 0 Å². The summed E-state index contributed by atoms with van der Waals surface area (Å²) in [6.07, 6.45) is 5.82. The van der Waals surface area contributed by atoms with Crippen LogP contribution in [0.25, 0.3) is 0 Å². The lowest BCUT2D eigenvalue weighted by molar-refractivity contribution is -0.237. The summed E-state index contributed by atoms with van der Waals surface area (Å²) < 4.78 is 18.7. The Morgan fingerprint density at radius 1 is 1.06 bits per heavy atom. The number of halogens is 1. The van der Waals surface area contributed by atoms with Gasteiger partial charge in [0.05, 0.1) is 11.7 Å². The van der Waals surface area contributed by atoms with Gasteiger partial charge in [0, 0.05) is 28.7 Å². The minimum Gasteiger partial charge on any atom is -0.457 e. The maximum absolute atomic E-state index is 12.7. The Bertz CT molecular complexity index is 924. The number of carbonyl (C=O) groups is 2. The van der Waals surface area contributed by atoms with Gasteiger partial charge >= 0.3 is 11.9 Å². The molecule has 2 N–H and O–H groups in total. The summed E-state index contributed by atoms with van der Waals surface area (Å²) in [6, 6.07) is 0. The highest BCUT2D eigenvalue weighted by atomic mass is 19.3. The van der Waals surface area contributed by atoms with Gasteiger partial charge in [-0.3, -0.25) is 9.74 Å². The van der Waals surface area contributed by atoms with E-state index < -0.39 is 35.2 Å². The topological polar surface area (TPSA) is 93.1 Å². The lowest BCUT2D eigenvalue weighted by atomic mass is 9.42. The van der Waals surface area contributed by atoms with E-state index in [0.717, 1.165) is 38.5 Å². The molecule has 1 saturated heterocycles. The van der Waals surface area contributed by atoms with Gasteiger partial charge in [0.1, 0.15) is 5.60 Å². The van der Waals surface area contributed by atoms with E-state index in [1.54, 1.807) is 0 Å². The third-order valence-electron chi connectivity index (χ3n) is 12.2. The lowest BCUT2D eigenvalue weighted by Crippen LogP contribution is -2.65. The van der Waals surface area contributed by atoms with E-state index >= 15 is 0 Å². The molecule has 6 saturated carbocycles. The molecule has 1 heterocycles. The number of fused-ring (bicyclic) bond motifs is 12. The van der Waals surface area contributed by atoms with Crippen LogP contribution in [-0.4, -0.2) is 39.5 Å². The molecule has 0 aromatic heterocycles. The van der Waals surface area contributed by atoms with Crippen LogP contribution in [-0.2, 0) is 19.3 Å². The highest BCUT2D eigenvalue weighted by Gasteiger charge is 2.83. The first-order valence-corrected chi connectivity index (χ1v) is 12.6. The first kappa shape index (κ1) is 20.2. The molecule has 176 valence electrons. The molecule has 1 aliphatic heterocycles. The maximum atomic E-state index is 12.7. The van der Waals surface area contributed by atoms with E-state index in [-0.39, 0.29) is 29.1 Å². The van der Waals surface area contributed by atoms with Gasteiger partial charge in [-0.1, -0.05) is 13.8 Å². The van der Waals surface area contributed by atoms with Crippen LogP contribution < -0.4 is 0 Å². The molecule has 6 aliphatic carbocycles. The Hall–Kier alpha value is -1.21. The third kappa shape index (κ3) is 1.99. The predicted octanol–water partition coefficient (Wildman–Crippen LogP) is 2.95. The SMILES string of the molecule is CC12CCC(O)CC1(O)C1CC1C1C2CCC2(C)C1C1CC1C21CC(C(=O)OF)C(=O)O1. The lowest BCUT2D eigenvalue weighted by Gasteiger charge is -2.64. The Morgan fingerprint density at radius 3 is 2.53 bits per heavy atom. The highest BCUT2D eigenvalue weighted by Crippen LogP contribution is 2.83. The summed E-state index contributed by atoms with van der Waals surface area (Å²) in [5.74, 6) is -0.169. The standard InChI is InChI=1S/C25H33FO6/c1-22-5-3-11(27)9-24(22,30)16-7-12(16)18-15(22)4-6-23(2)19(18)13-8-17(13)25(23)10-14(20(28)31-25)21(29)32-26/h11-19,27,30H,3-10H2,1-2H3. The minimum absolute atomic E-state index is 0.192. The van der Waals surface area contributed by atoms with E-state index in [0.29, 0.717) is 36.0 Å². The van der Waals surface area contributed by atoms with E-state index in [1.165, 1.54) is 0 Å². The number of aliphatic hydroxyl groups excluding tert-OH is 1. The summed E-state index contributed by atoms with van der Waals surface area (Å²) in [6.45, 7) is 4.52. The molecule has 0 radical (unpaired) electrons. The second kappa shape index (κ2) is 5.70. The fourth-order valence-corrected chi connectivity index (χ4v) is 10.8. The third-order valence-corrected chi connectivity index (χ3v) is 12.2. The summed E-state index contributed by atoms with van der Waals surface area (Å²) in [4.78, 5) is 28.0. The van der Waals surface area contributed by atoms with Gasteiger partial charge in [-0.25, -0.2) is 4.79 Å². The maximum Gasteiger partial charge on any atom is 0.363 e. The quantitative estimate of drug-likeness (QED) is 0.473. The Balaban J connectivity index is 1.27. The molecule has 7 aliphatic rings. The zero-order valence-electron chi connectivity index (χ0n) is 18.8. The van der Waals surface area contributed by atoms with Crippen molar-refractivity contribution in [3.8, 4) is 0 Å². The second-order valence-corrected chi connectivity index (χ2v) is 12.9. The van der Waals surface area contributed by atoms with Crippen molar-refractivity contribution in [2.24, 2.45) is 58.2 Å². The number of carbonyl (C=O) groups excluding carboxylic acids is 2. The van der Waals surface area contributed by atoms with Crippen LogP contribution in [0.4, 0.5) is 4.53 Å². The Labute approximate surface area is 187 Å². The van der Waals surface area contributed by atoms with Crippen LogP contribution in [0.1, 0.15) is 65.2 Å². The van der Waals surface area contributed by atoms with Gasteiger partial charge in [-0.2, -0.15) is 0 Å². The average Bonchev–Trinajstić information content (AvgIpc) is 3.65. The zero-order chi connectivity index (χ0) is 22.4. The Morgan fingerprint density at radius 2 is 1.78 bits per heavy atom. The molecule has 13 atom stereocenters. The number of ether oxygens (including phenoxy) is 1. The summed E-state index contributed by atoms with van der Waals surface area (Å²) in [5, 5.41) is 22.3. The number of hydrogen-bond acceptors (Lipinski definition) is 6. The highest BCUT2D eigenvalue weighted by molar-refractivity contribution is 5.96. The molecule has 6 nitrogen and oxygen atoms in total. The molecule has 7 heteroatoms. The summed E-state index contributed by atoms with van der Waals surface area (Å²) in [5.41, 5.74) is -1.89. The number of hydrogen-bond donors (Lipinski definition) is 2. The van der Waals surface area contributed by atoms with E-state index in [1.807, 2.05) is 0 Å². The molecular formula is C25H33FO6. The van der Waals surface area contributed by atoms with Crippen molar-refractivity contribution >= 4 is 11.9 Å². The van der Waals surface area contributed by atoms with Gasteiger partial charge in [-0.15, -0.1) is 0 Å². The van der Waals surface area contributed by atoms with Crippen LogP contribution >= 0.6 is 0 Å². The van der Waals surface area contributed by atoms with Crippen molar-refractivity contribution in [1.29, 1.82) is 0 Å². The van der Waals surface area contributed by atoms with Crippen molar-refractivity contribution in [2.45, 2.75) is 82.5 Å². The molecule has 32 heavy (non-hydrogen) atoms. The van der Waals surface area contributed by atoms with Crippen molar-refractivity contribution < 1.29 is 34.0 Å². The van der Waals surface area contributed by atoms with Crippen molar-refractivity contribution in [1.82, 2.24) is 0 Å². The fourth-order valence-electron chi connectivity index (χ4n) is 10.8. The van der Waals surface area contributed by atoms with Crippen LogP contribution in [0.2, 0.25) is 0 Å². The molecule has 0 aromatic rings. The largest absolute Gasteiger partial charge is 0.457 e. The molecule has 7 rings (SSSR count). The molecule has 0 bridgehead atoms. The second-order valence-electron chi connectivity index (χ2n) is 12.9. The van der Waals surface area contributed by atoms with E-state index in [9.17, 15) is 24.3 Å². The van der Waals surface area contributed by atoms with E-state index in [4.69, 9.17) is 4.74 Å². The molecule has 13 unspecified atom stereocenters. The van der Waals surface area contributed by atoms with Crippen molar-refractivity contribution in [3.05, 3.63) is 0 Å². The van der Waals surface area contributed by atoms with Crippen LogP contribution in [0.5, 0.6) is 0 Å². The first-order valence-electron chi connectivity index (χ1n) is 12.6.